The van der Waals surface area contributed by atoms with E-state index in [9.17, 15) is 5.26 Å². The Morgan fingerprint density at radius 3 is 2.68 bits per heavy atom. The van der Waals surface area contributed by atoms with E-state index in [1.165, 1.54) is 0 Å². The number of nitriles is 1. The Morgan fingerprint density at radius 2 is 1.88 bits per heavy atom. The van der Waals surface area contributed by atoms with Gasteiger partial charge in [-0.05, 0) is 31.2 Å². The molecule has 1 aliphatic heterocycles. The highest BCUT2D eigenvalue weighted by Crippen LogP contribution is 2.35. The molecule has 1 N–H and O–H groups in total. The quantitative estimate of drug-likeness (QED) is 0.741. The van der Waals surface area contributed by atoms with Crippen molar-refractivity contribution in [3.05, 3.63) is 53.7 Å². The fraction of sp³-hybridized carbons (Fsp3) is 0.158. The number of benzene rings is 2. The van der Waals surface area contributed by atoms with Crippen molar-refractivity contribution in [3.63, 3.8) is 0 Å². The number of rotatable bonds is 2. The molecule has 1 aromatic heterocycles. The largest absolute Gasteiger partial charge is 0.486 e. The molecule has 126 valence electrons. The standard InChI is InChI=1S/C19H15N3O2.ClH/c1-12-2-4-16-15(8-12)19(13(10-20)11-21-16)22-14-3-5-17-18(9-14)24-7-6-23-17;/h2-5,8-9,11H,6-7H2,1H3,(H,21,22);1H. The van der Waals surface area contributed by atoms with Crippen LogP contribution in [0.2, 0.25) is 0 Å². The lowest BCUT2D eigenvalue weighted by molar-refractivity contribution is 0.171. The topological polar surface area (TPSA) is 67.2 Å². The van der Waals surface area contributed by atoms with Crippen LogP contribution in [0.15, 0.2) is 42.6 Å². The molecular formula is C19H16ClN3O2. The molecule has 0 aliphatic carbocycles. The van der Waals surface area contributed by atoms with Crippen molar-refractivity contribution in [2.24, 2.45) is 0 Å². The van der Waals surface area contributed by atoms with Crippen LogP contribution >= 0.6 is 12.4 Å². The van der Waals surface area contributed by atoms with Gasteiger partial charge in [-0.1, -0.05) is 11.6 Å². The molecular weight excluding hydrogens is 338 g/mol. The number of anilines is 2. The summed E-state index contributed by atoms with van der Waals surface area (Å²) in [6.07, 6.45) is 1.60. The molecule has 5 nitrogen and oxygen atoms in total. The van der Waals surface area contributed by atoms with Crippen LogP contribution in [-0.4, -0.2) is 18.2 Å². The van der Waals surface area contributed by atoms with Gasteiger partial charge >= 0.3 is 0 Å². The highest BCUT2D eigenvalue weighted by atomic mass is 35.5. The van der Waals surface area contributed by atoms with Gasteiger partial charge in [0.1, 0.15) is 19.3 Å². The number of aromatic nitrogens is 1. The van der Waals surface area contributed by atoms with E-state index in [1.807, 2.05) is 43.3 Å². The van der Waals surface area contributed by atoms with Crippen molar-refractivity contribution < 1.29 is 9.47 Å². The van der Waals surface area contributed by atoms with Gasteiger partial charge in [0, 0.05) is 23.3 Å². The number of hydrogen-bond acceptors (Lipinski definition) is 5. The van der Waals surface area contributed by atoms with E-state index >= 15 is 0 Å². The predicted molar refractivity (Wildman–Crippen MR) is 99.2 cm³/mol. The summed E-state index contributed by atoms with van der Waals surface area (Å²) in [5.74, 6) is 1.45. The molecule has 1 aliphatic rings. The van der Waals surface area contributed by atoms with Crippen molar-refractivity contribution in [2.75, 3.05) is 18.5 Å². The molecule has 0 saturated carbocycles. The van der Waals surface area contributed by atoms with E-state index in [0.717, 1.165) is 33.6 Å². The van der Waals surface area contributed by atoms with Gasteiger partial charge < -0.3 is 14.8 Å². The number of pyridine rings is 1. The SMILES string of the molecule is Cc1ccc2ncc(C#N)c(Nc3ccc4c(c3)OCCO4)c2c1.Cl. The first-order valence-electron chi connectivity index (χ1n) is 7.71. The number of hydrogen-bond donors (Lipinski definition) is 1. The van der Waals surface area contributed by atoms with Crippen LogP contribution in [0.5, 0.6) is 11.5 Å². The molecule has 0 atom stereocenters. The maximum Gasteiger partial charge on any atom is 0.163 e. The van der Waals surface area contributed by atoms with Crippen LogP contribution < -0.4 is 14.8 Å². The minimum absolute atomic E-state index is 0. The summed E-state index contributed by atoms with van der Waals surface area (Å²) in [6.45, 7) is 3.12. The second-order valence-electron chi connectivity index (χ2n) is 5.66. The van der Waals surface area contributed by atoms with Gasteiger partial charge in [-0.2, -0.15) is 5.26 Å². The maximum absolute atomic E-state index is 9.44. The predicted octanol–water partition coefficient (Wildman–Crippen LogP) is 4.35. The Bertz CT molecular complexity index is 982. The van der Waals surface area contributed by atoms with Gasteiger partial charge in [0.2, 0.25) is 0 Å². The molecule has 4 rings (SSSR count). The third-order valence-corrected chi connectivity index (χ3v) is 3.96. The lowest BCUT2D eigenvalue weighted by Gasteiger charge is -2.19. The van der Waals surface area contributed by atoms with Gasteiger partial charge in [0.25, 0.3) is 0 Å². The summed E-state index contributed by atoms with van der Waals surface area (Å²) < 4.78 is 11.2. The Labute approximate surface area is 151 Å². The molecule has 2 heterocycles. The van der Waals surface area contributed by atoms with E-state index in [-0.39, 0.29) is 12.4 Å². The van der Waals surface area contributed by atoms with Crippen LogP contribution in [0, 0.1) is 18.3 Å². The number of aryl methyl sites for hydroxylation is 1. The number of fused-ring (bicyclic) bond motifs is 2. The van der Waals surface area contributed by atoms with E-state index in [2.05, 4.69) is 16.4 Å². The molecule has 0 spiro atoms. The molecule has 0 saturated heterocycles. The summed E-state index contributed by atoms with van der Waals surface area (Å²) in [5, 5.41) is 13.7. The molecule has 3 aromatic rings. The minimum Gasteiger partial charge on any atom is -0.486 e. The monoisotopic (exact) mass is 353 g/mol. The van der Waals surface area contributed by atoms with Crippen LogP contribution in [0.3, 0.4) is 0 Å². The summed E-state index contributed by atoms with van der Waals surface area (Å²) in [6, 6.07) is 13.9. The van der Waals surface area contributed by atoms with E-state index in [1.54, 1.807) is 6.20 Å². The van der Waals surface area contributed by atoms with Gasteiger partial charge in [-0.25, -0.2) is 0 Å². The molecule has 2 aromatic carbocycles. The van der Waals surface area contributed by atoms with Crippen molar-refractivity contribution >= 4 is 34.7 Å². The third-order valence-electron chi connectivity index (χ3n) is 3.96. The third kappa shape index (κ3) is 3.17. The van der Waals surface area contributed by atoms with Crippen molar-refractivity contribution in [1.82, 2.24) is 4.98 Å². The van der Waals surface area contributed by atoms with E-state index in [4.69, 9.17) is 9.47 Å². The lowest BCUT2D eigenvalue weighted by Crippen LogP contribution is -2.15. The molecule has 0 amide bonds. The maximum atomic E-state index is 9.44. The van der Waals surface area contributed by atoms with Crippen LogP contribution in [0.25, 0.3) is 10.9 Å². The first-order valence-corrected chi connectivity index (χ1v) is 7.71. The van der Waals surface area contributed by atoms with Gasteiger partial charge in [0.05, 0.1) is 16.8 Å². The first kappa shape index (κ1) is 16.9. The minimum atomic E-state index is 0. The number of ether oxygens (including phenoxy) is 2. The summed E-state index contributed by atoms with van der Waals surface area (Å²) in [7, 11) is 0. The van der Waals surface area contributed by atoms with Crippen LogP contribution in [-0.2, 0) is 0 Å². The normalized spacial score (nSPS) is 12.2. The first-order chi connectivity index (χ1) is 11.7. The molecule has 0 radical (unpaired) electrons. The Kier molecular flexibility index (Phi) is 4.64. The van der Waals surface area contributed by atoms with E-state index in [0.29, 0.717) is 24.5 Å². The zero-order valence-corrected chi connectivity index (χ0v) is 14.4. The van der Waals surface area contributed by atoms with Crippen molar-refractivity contribution in [3.8, 4) is 17.6 Å². The summed E-state index contributed by atoms with van der Waals surface area (Å²) >= 11 is 0. The van der Waals surface area contributed by atoms with Crippen molar-refractivity contribution in [2.45, 2.75) is 6.92 Å². The second kappa shape index (κ2) is 6.88. The van der Waals surface area contributed by atoms with Crippen LogP contribution in [0.4, 0.5) is 11.4 Å². The second-order valence-corrected chi connectivity index (χ2v) is 5.66. The highest BCUT2D eigenvalue weighted by molar-refractivity contribution is 5.96. The fourth-order valence-electron chi connectivity index (χ4n) is 2.79. The highest BCUT2D eigenvalue weighted by Gasteiger charge is 2.14. The lowest BCUT2D eigenvalue weighted by atomic mass is 10.1. The zero-order chi connectivity index (χ0) is 16.5. The molecule has 0 bridgehead atoms. The van der Waals surface area contributed by atoms with E-state index < -0.39 is 0 Å². The van der Waals surface area contributed by atoms with Crippen LogP contribution in [0.1, 0.15) is 11.1 Å². The fourth-order valence-corrected chi connectivity index (χ4v) is 2.79. The molecule has 6 heteroatoms. The number of nitrogens with one attached hydrogen (secondary N) is 1. The number of halogens is 1. The average molecular weight is 354 g/mol. The zero-order valence-electron chi connectivity index (χ0n) is 13.6. The Balaban J connectivity index is 0.00000182. The Morgan fingerprint density at radius 1 is 1.08 bits per heavy atom. The Hall–Kier alpha value is -2.97. The van der Waals surface area contributed by atoms with Gasteiger partial charge in [-0.3, -0.25) is 4.98 Å². The van der Waals surface area contributed by atoms with Gasteiger partial charge in [-0.15, -0.1) is 12.4 Å². The van der Waals surface area contributed by atoms with Gasteiger partial charge in [0.15, 0.2) is 11.5 Å². The summed E-state index contributed by atoms with van der Waals surface area (Å²) in [4.78, 5) is 4.36. The molecule has 25 heavy (non-hydrogen) atoms. The molecule has 0 fully saturated rings. The smallest absolute Gasteiger partial charge is 0.163 e. The average Bonchev–Trinajstić information content (AvgIpc) is 2.62. The van der Waals surface area contributed by atoms with Crippen molar-refractivity contribution in [1.29, 1.82) is 5.26 Å². The number of nitrogens with zero attached hydrogens (tertiary/aromatic N) is 2. The molecule has 0 unspecified atom stereocenters. The summed E-state index contributed by atoms with van der Waals surface area (Å²) in [5.41, 5.74) is 4.06.